The maximum absolute atomic E-state index is 13.4. The van der Waals surface area contributed by atoms with Crippen LogP contribution in [0, 0.1) is 17.8 Å². The first kappa shape index (κ1) is 37.9. The van der Waals surface area contributed by atoms with Crippen molar-refractivity contribution in [1.82, 2.24) is 16.0 Å². The Balaban J connectivity index is 1.52. The van der Waals surface area contributed by atoms with Crippen molar-refractivity contribution in [3.63, 3.8) is 0 Å². The zero-order valence-electron chi connectivity index (χ0n) is 29.2. The van der Waals surface area contributed by atoms with Gasteiger partial charge in [0.25, 0.3) is 0 Å². The van der Waals surface area contributed by atoms with Crippen molar-refractivity contribution in [3.05, 3.63) is 72.3 Å². The highest BCUT2D eigenvalue weighted by atomic mass is 16.5. The van der Waals surface area contributed by atoms with Crippen molar-refractivity contribution in [1.29, 1.82) is 0 Å². The summed E-state index contributed by atoms with van der Waals surface area (Å²) in [4.78, 5) is 51.6. The maximum Gasteiger partial charge on any atom is 0.328 e. The number of nitrogens with one attached hydrogen (secondary N) is 3. The van der Waals surface area contributed by atoms with Crippen molar-refractivity contribution in [3.8, 4) is 11.5 Å². The fourth-order valence-electron chi connectivity index (χ4n) is 5.17. The smallest absolute Gasteiger partial charge is 0.328 e. The maximum atomic E-state index is 13.4. The first-order valence-corrected chi connectivity index (χ1v) is 16.7. The van der Waals surface area contributed by atoms with E-state index in [4.69, 9.17) is 14.2 Å². The minimum Gasteiger partial charge on any atom is -0.494 e. The Morgan fingerprint density at radius 1 is 0.688 bits per heavy atom. The molecule has 0 saturated heterocycles. The zero-order chi connectivity index (χ0) is 35.2. The standard InChI is InChI=1S/C38H51N3O7/c1-24(2)20-32(36(43)41-35(26(5)6)38(45)46-7)39-37(44)34(25(3)4)40-33(42)14-11-19-47-30-17-15-28-16-18-31(22-29(28)21-30)48-23-27-12-9-8-10-13-27/h8-10,12-13,15-18,21-22,24-26,32,34-35H,11,14,19-20,23H2,1-7H3,(H,39,44)(H,40,42)(H,41,43)/t32-,34-,35-/m0/s1. The van der Waals surface area contributed by atoms with Gasteiger partial charge in [-0.25, -0.2) is 4.79 Å². The van der Waals surface area contributed by atoms with Gasteiger partial charge in [0, 0.05) is 6.42 Å². The van der Waals surface area contributed by atoms with Crippen LogP contribution in [0.5, 0.6) is 11.5 Å². The van der Waals surface area contributed by atoms with Gasteiger partial charge in [-0.2, -0.15) is 0 Å². The van der Waals surface area contributed by atoms with E-state index >= 15 is 0 Å². The molecule has 3 amide bonds. The summed E-state index contributed by atoms with van der Waals surface area (Å²) in [5.74, 6) is -0.682. The summed E-state index contributed by atoms with van der Waals surface area (Å²) >= 11 is 0. The molecule has 260 valence electrons. The molecule has 0 radical (unpaired) electrons. The van der Waals surface area contributed by atoms with Gasteiger partial charge in [0.15, 0.2) is 0 Å². The molecule has 0 aliphatic carbocycles. The van der Waals surface area contributed by atoms with Crippen LogP contribution >= 0.6 is 0 Å². The predicted octanol–water partition coefficient (Wildman–Crippen LogP) is 5.56. The zero-order valence-corrected chi connectivity index (χ0v) is 29.2. The molecule has 0 aliphatic heterocycles. The lowest BCUT2D eigenvalue weighted by molar-refractivity contribution is -0.146. The van der Waals surface area contributed by atoms with Gasteiger partial charge in [0.2, 0.25) is 17.7 Å². The lowest BCUT2D eigenvalue weighted by atomic mass is 9.98. The fraction of sp³-hybridized carbons (Fsp3) is 0.474. The summed E-state index contributed by atoms with van der Waals surface area (Å²) in [6.07, 6.45) is 0.960. The van der Waals surface area contributed by atoms with Crippen LogP contribution in [0.15, 0.2) is 66.7 Å². The number of hydrogen-bond donors (Lipinski definition) is 3. The molecule has 10 nitrogen and oxygen atoms in total. The van der Waals surface area contributed by atoms with Crippen molar-refractivity contribution >= 4 is 34.5 Å². The normalized spacial score (nSPS) is 13.1. The lowest BCUT2D eigenvalue weighted by Crippen LogP contribution is -2.57. The summed E-state index contributed by atoms with van der Waals surface area (Å²) in [5.41, 5.74) is 1.09. The van der Waals surface area contributed by atoms with E-state index < -0.39 is 35.9 Å². The molecule has 0 unspecified atom stereocenters. The highest BCUT2D eigenvalue weighted by molar-refractivity contribution is 5.93. The molecule has 0 heterocycles. The van der Waals surface area contributed by atoms with E-state index in [0.717, 1.165) is 22.1 Å². The molecule has 48 heavy (non-hydrogen) atoms. The van der Waals surface area contributed by atoms with Gasteiger partial charge in [0.1, 0.15) is 36.2 Å². The molecule has 3 N–H and O–H groups in total. The Bertz CT molecular complexity index is 1510. The molecule has 3 atom stereocenters. The van der Waals surface area contributed by atoms with Crippen LogP contribution < -0.4 is 25.4 Å². The second-order valence-corrected chi connectivity index (χ2v) is 13.1. The second kappa shape index (κ2) is 18.7. The Kier molecular flexibility index (Phi) is 14.7. The summed E-state index contributed by atoms with van der Waals surface area (Å²) in [6, 6.07) is 19.2. The van der Waals surface area contributed by atoms with Gasteiger partial charge in [-0.05, 0) is 71.2 Å². The Labute approximate surface area is 284 Å². The summed E-state index contributed by atoms with van der Waals surface area (Å²) in [7, 11) is 1.27. The van der Waals surface area contributed by atoms with Crippen molar-refractivity contribution in [2.45, 2.75) is 85.5 Å². The minimum absolute atomic E-state index is 0.0846. The lowest BCUT2D eigenvalue weighted by Gasteiger charge is -2.28. The Morgan fingerprint density at radius 3 is 1.90 bits per heavy atom. The predicted molar refractivity (Wildman–Crippen MR) is 186 cm³/mol. The molecule has 3 rings (SSSR count). The largest absolute Gasteiger partial charge is 0.494 e. The van der Waals surface area contributed by atoms with Gasteiger partial charge >= 0.3 is 5.97 Å². The SMILES string of the molecule is COC(=O)[C@@H](NC(=O)[C@H](CC(C)C)NC(=O)[C@@H](NC(=O)CCCOc1ccc2ccc(OCc3ccccc3)cc2c1)C(C)C)C(C)C. The van der Waals surface area contributed by atoms with Crippen molar-refractivity contribution in [2.75, 3.05) is 13.7 Å². The van der Waals surface area contributed by atoms with Crippen LogP contribution in [0.2, 0.25) is 0 Å². The van der Waals surface area contributed by atoms with Crippen molar-refractivity contribution in [2.24, 2.45) is 17.8 Å². The van der Waals surface area contributed by atoms with Crippen LogP contribution in [-0.2, 0) is 30.5 Å². The second-order valence-electron chi connectivity index (χ2n) is 13.1. The van der Waals surface area contributed by atoms with E-state index in [1.54, 1.807) is 13.8 Å². The molecule has 0 saturated carbocycles. The number of ether oxygens (including phenoxy) is 3. The van der Waals surface area contributed by atoms with Gasteiger partial charge in [-0.15, -0.1) is 0 Å². The van der Waals surface area contributed by atoms with Crippen LogP contribution in [0.25, 0.3) is 10.8 Å². The number of esters is 1. The third-order valence-corrected chi connectivity index (χ3v) is 7.87. The highest BCUT2D eigenvalue weighted by Gasteiger charge is 2.32. The molecule has 0 aliphatic rings. The molecule has 0 fully saturated rings. The molecule has 0 aromatic heterocycles. The summed E-state index contributed by atoms with van der Waals surface area (Å²) < 4.78 is 16.7. The van der Waals surface area contributed by atoms with E-state index in [1.807, 2.05) is 94.4 Å². The number of hydrogen-bond acceptors (Lipinski definition) is 7. The number of fused-ring (bicyclic) bond motifs is 1. The van der Waals surface area contributed by atoms with E-state index in [0.29, 0.717) is 31.8 Å². The molecule has 0 spiro atoms. The molecule has 0 bridgehead atoms. The van der Waals surface area contributed by atoms with E-state index in [9.17, 15) is 19.2 Å². The fourth-order valence-corrected chi connectivity index (χ4v) is 5.17. The van der Waals surface area contributed by atoms with Crippen LogP contribution in [0.1, 0.15) is 66.4 Å². The highest BCUT2D eigenvalue weighted by Crippen LogP contribution is 2.26. The van der Waals surface area contributed by atoms with Crippen LogP contribution in [-0.4, -0.2) is 55.5 Å². The van der Waals surface area contributed by atoms with Gasteiger partial charge in [0.05, 0.1) is 13.7 Å². The molecule has 3 aromatic carbocycles. The Hall–Kier alpha value is -4.60. The summed E-state index contributed by atoms with van der Waals surface area (Å²) in [6.45, 7) is 11.9. The van der Waals surface area contributed by atoms with Crippen LogP contribution in [0.3, 0.4) is 0 Å². The van der Waals surface area contributed by atoms with E-state index in [2.05, 4.69) is 16.0 Å². The first-order valence-electron chi connectivity index (χ1n) is 16.7. The first-order chi connectivity index (χ1) is 22.9. The number of carbonyl (C=O) groups excluding carboxylic acids is 4. The average Bonchev–Trinajstić information content (AvgIpc) is 3.06. The summed E-state index contributed by atoms with van der Waals surface area (Å²) in [5, 5.41) is 10.4. The molecule has 3 aromatic rings. The molecule has 10 heteroatoms. The van der Waals surface area contributed by atoms with E-state index in [1.165, 1.54) is 7.11 Å². The third-order valence-electron chi connectivity index (χ3n) is 7.87. The Morgan fingerprint density at radius 2 is 1.31 bits per heavy atom. The molecular formula is C38H51N3O7. The monoisotopic (exact) mass is 661 g/mol. The van der Waals surface area contributed by atoms with Crippen LogP contribution in [0.4, 0.5) is 0 Å². The molecular weight excluding hydrogens is 610 g/mol. The van der Waals surface area contributed by atoms with Gasteiger partial charge in [-0.1, -0.05) is 84.0 Å². The van der Waals surface area contributed by atoms with E-state index in [-0.39, 0.29) is 30.1 Å². The number of methoxy groups -OCH3 is 1. The number of carbonyl (C=O) groups is 4. The number of benzene rings is 3. The average molecular weight is 662 g/mol. The van der Waals surface area contributed by atoms with Gasteiger partial charge < -0.3 is 30.2 Å². The topological polar surface area (TPSA) is 132 Å². The number of amides is 3. The quantitative estimate of drug-likeness (QED) is 0.120. The third kappa shape index (κ3) is 11.9. The number of rotatable bonds is 18. The van der Waals surface area contributed by atoms with Crippen molar-refractivity contribution < 1.29 is 33.4 Å². The minimum atomic E-state index is -0.886. The van der Waals surface area contributed by atoms with Gasteiger partial charge in [-0.3, -0.25) is 14.4 Å².